The zero-order valence-electron chi connectivity index (χ0n) is 14.8. The van der Waals surface area contributed by atoms with Crippen LogP contribution in [0.1, 0.15) is 48.2 Å². The fraction of sp³-hybridized carbons (Fsp3) is 0.333. The number of benzene rings is 1. The molecule has 7 nitrogen and oxygen atoms in total. The standard InChI is InChI=1S/C18H20N2O5S/c1-4-25-18(22)14-10-16(20(23)24)26-17(14)19-15(21)9-12-5-7-13(8-6-12)11(2)3/h5-8,10-11H,4,9H2,1-3H3,(H,19,21). The minimum Gasteiger partial charge on any atom is -0.462 e. The number of carbonyl (C=O) groups excluding carboxylic acids is 2. The number of thiophene rings is 1. The normalized spacial score (nSPS) is 10.6. The molecule has 1 aromatic carbocycles. The Hall–Kier alpha value is -2.74. The van der Waals surface area contributed by atoms with E-state index in [4.69, 9.17) is 4.74 Å². The number of hydrogen-bond donors (Lipinski definition) is 1. The average Bonchev–Trinajstić information content (AvgIpc) is 2.99. The van der Waals surface area contributed by atoms with E-state index in [1.54, 1.807) is 6.92 Å². The van der Waals surface area contributed by atoms with Crippen LogP contribution < -0.4 is 5.32 Å². The average molecular weight is 376 g/mol. The summed E-state index contributed by atoms with van der Waals surface area (Å²) in [6, 6.07) is 8.80. The van der Waals surface area contributed by atoms with Crippen LogP contribution in [0.15, 0.2) is 30.3 Å². The lowest BCUT2D eigenvalue weighted by atomic mass is 10.0. The molecule has 138 valence electrons. The molecule has 0 aliphatic rings. The SMILES string of the molecule is CCOC(=O)c1cc([N+](=O)[O-])sc1NC(=O)Cc1ccc(C(C)C)cc1. The van der Waals surface area contributed by atoms with Crippen molar-refractivity contribution in [3.05, 3.63) is 57.1 Å². The van der Waals surface area contributed by atoms with Crippen LogP contribution in [0, 0.1) is 10.1 Å². The Labute approximate surface area is 155 Å². The Morgan fingerprint density at radius 2 is 1.92 bits per heavy atom. The minimum atomic E-state index is -0.701. The number of rotatable bonds is 7. The molecule has 1 aromatic heterocycles. The number of nitro groups is 1. The van der Waals surface area contributed by atoms with Gasteiger partial charge in [0.25, 0.3) is 0 Å². The van der Waals surface area contributed by atoms with Gasteiger partial charge in [0.15, 0.2) is 0 Å². The smallest absolute Gasteiger partial charge is 0.341 e. The molecule has 2 rings (SSSR count). The molecular formula is C18H20N2O5S. The first kappa shape index (κ1) is 19.6. The molecule has 8 heteroatoms. The second-order valence-corrected chi connectivity index (χ2v) is 6.96. The van der Waals surface area contributed by atoms with Crippen molar-refractivity contribution in [1.29, 1.82) is 0 Å². The number of nitrogens with one attached hydrogen (secondary N) is 1. The highest BCUT2D eigenvalue weighted by atomic mass is 32.1. The molecule has 0 aliphatic carbocycles. The van der Waals surface area contributed by atoms with Gasteiger partial charge in [-0.25, -0.2) is 4.79 Å². The summed E-state index contributed by atoms with van der Waals surface area (Å²) in [5.74, 6) is -0.658. The fourth-order valence-corrected chi connectivity index (χ4v) is 3.18. The quantitative estimate of drug-likeness (QED) is 0.445. The van der Waals surface area contributed by atoms with E-state index in [1.807, 2.05) is 24.3 Å². The molecule has 0 fully saturated rings. The predicted octanol–water partition coefficient (Wildman–Crippen LogP) is 4.14. The van der Waals surface area contributed by atoms with Gasteiger partial charge >= 0.3 is 11.0 Å². The van der Waals surface area contributed by atoms with E-state index in [1.165, 1.54) is 5.56 Å². The summed E-state index contributed by atoms with van der Waals surface area (Å²) < 4.78 is 4.89. The molecule has 26 heavy (non-hydrogen) atoms. The molecule has 1 heterocycles. The lowest BCUT2D eigenvalue weighted by molar-refractivity contribution is -0.380. The van der Waals surface area contributed by atoms with Gasteiger partial charge in [-0.05, 0) is 35.3 Å². The number of ether oxygens (including phenoxy) is 1. The van der Waals surface area contributed by atoms with Crippen LogP contribution in [0.25, 0.3) is 0 Å². The van der Waals surface area contributed by atoms with E-state index in [9.17, 15) is 19.7 Å². The molecule has 0 unspecified atom stereocenters. The van der Waals surface area contributed by atoms with Crippen LogP contribution in [-0.4, -0.2) is 23.4 Å². The summed E-state index contributed by atoms with van der Waals surface area (Å²) in [5.41, 5.74) is 1.98. The Bertz CT molecular complexity index is 811. The fourth-order valence-electron chi connectivity index (χ4n) is 2.30. The van der Waals surface area contributed by atoms with Gasteiger partial charge in [0, 0.05) is 6.07 Å². The molecular weight excluding hydrogens is 356 g/mol. The van der Waals surface area contributed by atoms with Crippen molar-refractivity contribution >= 4 is 33.2 Å². The van der Waals surface area contributed by atoms with Crippen LogP contribution in [0.5, 0.6) is 0 Å². The molecule has 0 atom stereocenters. The molecule has 0 radical (unpaired) electrons. The number of nitrogens with zero attached hydrogens (tertiary/aromatic N) is 1. The van der Waals surface area contributed by atoms with Gasteiger partial charge in [-0.15, -0.1) is 0 Å². The monoisotopic (exact) mass is 376 g/mol. The number of hydrogen-bond acceptors (Lipinski definition) is 6. The zero-order chi connectivity index (χ0) is 19.3. The Kier molecular flexibility index (Phi) is 6.46. The number of amides is 1. The second-order valence-electron chi connectivity index (χ2n) is 5.93. The Balaban J connectivity index is 2.14. The minimum absolute atomic E-state index is 0.00736. The van der Waals surface area contributed by atoms with Crippen LogP contribution in [0.4, 0.5) is 10.0 Å². The maximum absolute atomic E-state index is 12.3. The lowest BCUT2D eigenvalue weighted by Crippen LogP contribution is -2.16. The van der Waals surface area contributed by atoms with E-state index in [0.29, 0.717) is 5.92 Å². The van der Waals surface area contributed by atoms with E-state index in [2.05, 4.69) is 19.2 Å². The molecule has 0 saturated carbocycles. The predicted molar refractivity (Wildman–Crippen MR) is 99.8 cm³/mol. The summed E-state index contributed by atoms with van der Waals surface area (Å²) >= 11 is 0.735. The first-order chi connectivity index (χ1) is 12.3. The zero-order valence-corrected chi connectivity index (χ0v) is 15.6. The van der Waals surface area contributed by atoms with Crippen molar-refractivity contribution in [3.63, 3.8) is 0 Å². The van der Waals surface area contributed by atoms with Gasteiger partial charge < -0.3 is 10.1 Å². The maximum atomic E-state index is 12.3. The van der Waals surface area contributed by atoms with Crippen molar-refractivity contribution < 1.29 is 19.2 Å². The highest BCUT2D eigenvalue weighted by Crippen LogP contribution is 2.34. The lowest BCUT2D eigenvalue weighted by Gasteiger charge is -2.08. The van der Waals surface area contributed by atoms with E-state index >= 15 is 0 Å². The third-order valence-corrected chi connectivity index (χ3v) is 4.66. The van der Waals surface area contributed by atoms with Crippen molar-refractivity contribution in [2.24, 2.45) is 0 Å². The summed E-state index contributed by atoms with van der Waals surface area (Å²) in [4.78, 5) is 34.6. The van der Waals surface area contributed by atoms with E-state index in [0.717, 1.165) is 23.0 Å². The highest BCUT2D eigenvalue weighted by molar-refractivity contribution is 7.19. The van der Waals surface area contributed by atoms with Gasteiger partial charge in [-0.1, -0.05) is 38.1 Å². The number of esters is 1. The number of carbonyl (C=O) groups is 2. The highest BCUT2D eigenvalue weighted by Gasteiger charge is 2.24. The maximum Gasteiger partial charge on any atom is 0.341 e. The van der Waals surface area contributed by atoms with Crippen LogP contribution in [-0.2, 0) is 16.0 Å². The summed E-state index contributed by atoms with van der Waals surface area (Å²) in [7, 11) is 0. The van der Waals surface area contributed by atoms with Crippen LogP contribution >= 0.6 is 11.3 Å². The van der Waals surface area contributed by atoms with Crippen molar-refractivity contribution in [2.45, 2.75) is 33.1 Å². The molecule has 0 bridgehead atoms. The molecule has 2 aromatic rings. The van der Waals surface area contributed by atoms with Gasteiger partial charge in [-0.2, -0.15) is 0 Å². The van der Waals surface area contributed by atoms with Crippen molar-refractivity contribution in [3.8, 4) is 0 Å². The van der Waals surface area contributed by atoms with Crippen molar-refractivity contribution in [2.75, 3.05) is 11.9 Å². The first-order valence-corrected chi connectivity index (χ1v) is 8.97. The van der Waals surface area contributed by atoms with Crippen LogP contribution in [0.2, 0.25) is 0 Å². The summed E-state index contributed by atoms with van der Waals surface area (Å²) in [5, 5.41) is 13.4. The molecule has 1 amide bonds. The first-order valence-electron chi connectivity index (χ1n) is 8.15. The molecule has 1 N–H and O–H groups in total. The van der Waals surface area contributed by atoms with E-state index < -0.39 is 10.9 Å². The van der Waals surface area contributed by atoms with Gasteiger partial charge in [-0.3, -0.25) is 14.9 Å². The molecule has 0 aliphatic heterocycles. The van der Waals surface area contributed by atoms with Gasteiger partial charge in [0.2, 0.25) is 5.91 Å². The van der Waals surface area contributed by atoms with Gasteiger partial charge in [0.05, 0.1) is 18.0 Å². The Morgan fingerprint density at radius 1 is 1.27 bits per heavy atom. The van der Waals surface area contributed by atoms with Crippen molar-refractivity contribution in [1.82, 2.24) is 0 Å². The van der Waals surface area contributed by atoms with E-state index in [-0.39, 0.29) is 34.5 Å². The third kappa shape index (κ3) is 4.89. The topological polar surface area (TPSA) is 98.5 Å². The molecule has 0 saturated heterocycles. The van der Waals surface area contributed by atoms with Crippen LogP contribution in [0.3, 0.4) is 0 Å². The second kappa shape index (κ2) is 8.57. The third-order valence-electron chi connectivity index (χ3n) is 3.66. The number of anilines is 1. The van der Waals surface area contributed by atoms with Gasteiger partial charge in [0.1, 0.15) is 10.6 Å². The molecule has 0 spiro atoms. The Morgan fingerprint density at radius 3 is 2.46 bits per heavy atom. The summed E-state index contributed by atoms with van der Waals surface area (Å²) in [6.45, 7) is 5.94. The largest absolute Gasteiger partial charge is 0.462 e. The summed E-state index contributed by atoms with van der Waals surface area (Å²) in [6.07, 6.45) is 0.104.